The van der Waals surface area contributed by atoms with E-state index in [1.54, 1.807) is 21.9 Å². The maximum Gasteiger partial charge on any atom is 0.244 e. The van der Waals surface area contributed by atoms with Gasteiger partial charge in [-0.1, -0.05) is 18.2 Å². The number of amides is 1. The van der Waals surface area contributed by atoms with E-state index in [9.17, 15) is 22.9 Å². The van der Waals surface area contributed by atoms with E-state index in [0.717, 1.165) is 24.0 Å². The molecule has 1 fully saturated rings. The molecule has 0 aromatic heterocycles. The van der Waals surface area contributed by atoms with Crippen molar-refractivity contribution in [1.82, 2.24) is 9.21 Å². The van der Waals surface area contributed by atoms with Crippen molar-refractivity contribution in [2.24, 2.45) is 0 Å². The van der Waals surface area contributed by atoms with Crippen molar-refractivity contribution in [2.75, 3.05) is 44.2 Å². The quantitative estimate of drug-likeness (QED) is 0.705. The Kier molecular flexibility index (Phi) is 6.17. The van der Waals surface area contributed by atoms with Gasteiger partial charge in [0.05, 0.1) is 22.7 Å². The second-order valence-corrected chi connectivity index (χ2v) is 10.1. The van der Waals surface area contributed by atoms with E-state index in [1.165, 1.54) is 22.5 Å². The van der Waals surface area contributed by atoms with Gasteiger partial charge in [-0.15, -0.1) is 0 Å². The fourth-order valence-corrected chi connectivity index (χ4v) is 6.01. The summed E-state index contributed by atoms with van der Waals surface area (Å²) in [6, 6.07) is 11.5. The normalized spacial score (nSPS) is 17.0. The monoisotopic (exact) mass is 456 g/mol. The van der Waals surface area contributed by atoms with Crippen LogP contribution < -0.4 is 4.90 Å². The van der Waals surface area contributed by atoms with Crippen molar-refractivity contribution >= 4 is 21.6 Å². The molecule has 1 amide bonds. The molecule has 0 aliphatic carbocycles. The number of piperazine rings is 1. The van der Waals surface area contributed by atoms with Gasteiger partial charge >= 0.3 is 0 Å². The largest absolute Gasteiger partial charge is 0.360 e. The van der Waals surface area contributed by atoms with Crippen LogP contribution in [0.1, 0.15) is 23.1 Å². The molecule has 0 atom stereocenters. The lowest BCUT2D eigenvalue weighted by Crippen LogP contribution is -2.53. The van der Waals surface area contributed by atoms with Gasteiger partial charge in [0.2, 0.25) is 15.9 Å². The van der Waals surface area contributed by atoms with E-state index in [0.29, 0.717) is 12.2 Å². The molecule has 1 saturated heterocycles. The van der Waals surface area contributed by atoms with Crippen molar-refractivity contribution in [3.05, 3.63) is 58.9 Å². The molecule has 2 aliphatic rings. The van der Waals surface area contributed by atoms with Gasteiger partial charge in [-0.3, -0.25) is 4.79 Å². The zero-order chi connectivity index (χ0) is 22.9. The number of benzene rings is 2. The highest BCUT2D eigenvalue weighted by Gasteiger charge is 2.32. The number of rotatable bonds is 4. The van der Waals surface area contributed by atoms with E-state index in [2.05, 4.69) is 0 Å². The number of nitrogens with zero attached hydrogens (tertiary/aromatic N) is 4. The molecule has 0 bridgehead atoms. The molecule has 0 radical (unpaired) electrons. The predicted octanol–water partition coefficient (Wildman–Crippen LogP) is 2.29. The maximum atomic E-state index is 14.6. The van der Waals surface area contributed by atoms with Crippen LogP contribution in [0.2, 0.25) is 0 Å². The summed E-state index contributed by atoms with van der Waals surface area (Å²) in [5.74, 6) is -0.452. The van der Waals surface area contributed by atoms with Gasteiger partial charge < -0.3 is 9.80 Å². The minimum Gasteiger partial charge on any atom is -0.360 e. The number of fused-ring (bicyclic) bond motifs is 1. The summed E-state index contributed by atoms with van der Waals surface area (Å²) in [5, 5.41) is 9.24. The average molecular weight is 457 g/mol. The van der Waals surface area contributed by atoms with Crippen LogP contribution in [0.3, 0.4) is 0 Å². The number of sulfonamides is 1. The predicted molar refractivity (Wildman–Crippen MR) is 118 cm³/mol. The zero-order valence-corrected chi connectivity index (χ0v) is 18.7. The third-order valence-corrected chi connectivity index (χ3v) is 7.98. The molecule has 0 N–H and O–H groups in total. The number of hydrogen-bond acceptors (Lipinski definition) is 5. The zero-order valence-electron chi connectivity index (χ0n) is 17.9. The molecule has 168 valence electrons. The SMILES string of the molecule is Cc1cc(F)c2c(c1)CCCN2CC(=O)N1CCN(S(=O)(=O)c2ccccc2C#N)CC1. The molecule has 2 aliphatic heterocycles. The highest BCUT2D eigenvalue weighted by molar-refractivity contribution is 7.89. The maximum absolute atomic E-state index is 14.6. The van der Waals surface area contributed by atoms with Crippen LogP contribution in [0.5, 0.6) is 0 Å². The van der Waals surface area contributed by atoms with Crippen LogP contribution in [0.4, 0.5) is 10.1 Å². The van der Waals surface area contributed by atoms with Gasteiger partial charge in [-0.05, 0) is 49.1 Å². The van der Waals surface area contributed by atoms with E-state index < -0.39 is 10.0 Å². The molecule has 9 heteroatoms. The first-order chi connectivity index (χ1) is 15.3. The van der Waals surface area contributed by atoms with Crippen molar-refractivity contribution in [2.45, 2.75) is 24.7 Å². The topological polar surface area (TPSA) is 84.7 Å². The third-order valence-electron chi connectivity index (χ3n) is 6.02. The number of hydrogen-bond donors (Lipinski definition) is 0. The molecule has 2 aromatic carbocycles. The summed E-state index contributed by atoms with van der Waals surface area (Å²) < 4.78 is 41.9. The molecule has 7 nitrogen and oxygen atoms in total. The second-order valence-electron chi connectivity index (χ2n) is 8.17. The molecule has 0 unspecified atom stereocenters. The first-order valence-corrected chi connectivity index (χ1v) is 12.1. The summed E-state index contributed by atoms with van der Waals surface area (Å²) in [5.41, 5.74) is 2.40. The molecular formula is C23H25FN4O3S. The standard InChI is InChI=1S/C23H25FN4O3S/c1-17-13-18-6-4-8-27(23(18)20(24)14-17)16-22(29)26-9-11-28(12-10-26)32(30,31)21-7-3-2-5-19(21)15-25/h2-3,5,7,13-14H,4,6,8-12,16H2,1H3. The summed E-state index contributed by atoms with van der Waals surface area (Å²) >= 11 is 0. The smallest absolute Gasteiger partial charge is 0.244 e. The van der Waals surface area contributed by atoms with Crippen LogP contribution in [0.15, 0.2) is 41.3 Å². The molecule has 2 heterocycles. The van der Waals surface area contributed by atoms with Crippen molar-refractivity contribution in [3.8, 4) is 6.07 Å². The Hall–Kier alpha value is -2.96. The highest BCUT2D eigenvalue weighted by atomic mass is 32.2. The number of carbonyl (C=O) groups is 1. The van der Waals surface area contributed by atoms with E-state index >= 15 is 0 Å². The number of nitriles is 1. The molecule has 0 saturated carbocycles. The molecular weight excluding hydrogens is 431 g/mol. The fraction of sp³-hybridized carbons (Fsp3) is 0.391. The Morgan fingerprint density at radius 2 is 1.84 bits per heavy atom. The van der Waals surface area contributed by atoms with Crippen LogP contribution in [-0.2, 0) is 21.2 Å². The van der Waals surface area contributed by atoms with Gasteiger partial charge in [0.25, 0.3) is 0 Å². The first-order valence-electron chi connectivity index (χ1n) is 10.6. The Labute approximate surface area is 187 Å². The minimum absolute atomic E-state index is 0.0158. The second kappa shape index (κ2) is 8.88. The molecule has 0 spiro atoms. The lowest BCUT2D eigenvalue weighted by atomic mass is 9.99. The van der Waals surface area contributed by atoms with Crippen molar-refractivity contribution in [1.29, 1.82) is 5.26 Å². The van der Waals surface area contributed by atoms with Gasteiger partial charge in [0.15, 0.2) is 0 Å². The van der Waals surface area contributed by atoms with Crippen LogP contribution >= 0.6 is 0 Å². The number of aryl methyl sites for hydroxylation is 2. The Morgan fingerprint density at radius 3 is 2.56 bits per heavy atom. The Morgan fingerprint density at radius 1 is 1.12 bits per heavy atom. The molecule has 2 aromatic rings. The van der Waals surface area contributed by atoms with E-state index in [-0.39, 0.29) is 54.9 Å². The highest BCUT2D eigenvalue weighted by Crippen LogP contribution is 2.31. The number of halogens is 1. The van der Waals surface area contributed by atoms with Crippen molar-refractivity contribution < 1.29 is 17.6 Å². The summed E-state index contributed by atoms with van der Waals surface area (Å²) in [4.78, 5) is 16.3. The van der Waals surface area contributed by atoms with Gasteiger partial charge in [-0.2, -0.15) is 9.57 Å². The van der Waals surface area contributed by atoms with Gasteiger partial charge in [-0.25, -0.2) is 12.8 Å². The first kappa shape index (κ1) is 22.2. The van der Waals surface area contributed by atoms with Gasteiger partial charge in [0.1, 0.15) is 11.9 Å². The number of anilines is 1. The lowest BCUT2D eigenvalue weighted by molar-refractivity contribution is -0.130. The summed E-state index contributed by atoms with van der Waals surface area (Å²) in [6.45, 7) is 3.34. The van der Waals surface area contributed by atoms with Crippen LogP contribution in [-0.4, -0.2) is 62.8 Å². The lowest BCUT2D eigenvalue weighted by Gasteiger charge is -2.37. The fourth-order valence-electron chi connectivity index (χ4n) is 4.45. The number of carbonyl (C=O) groups excluding carboxylic acids is 1. The summed E-state index contributed by atoms with van der Waals surface area (Å²) in [7, 11) is -3.82. The van der Waals surface area contributed by atoms with E-state index in [4.69, 9.17) is 0 Å². The molecule has 32 heavy (non-hydrogen) atoms. The third kappa shape index (κ3) is 4.20. The van der Waals surface area contributed by atoms with Crippen molar-refractivity contribution in [3.63, 3.8) is 0 Å². The summed E-state index contributed by atoms with van der Waals surface area (Å²) in [6.07, 6.45) is 1.65. The van der Waals surface area contributed by atoms with Crippen LogP contribution in [0.25, 0.3) is 0 Å². The van der Waals surface area contributed by atoms with Gasteiger partial charge in [0, 0.05) is 32.7 Å². The Balaban J connectivity index is 1.43. The Bertz CT molecular complexity index is 1180. The minimum atomic E-state index is -3.82. The average Bonchev–Trinajstić information content (AvgIpc) is 2.78. The van der Waals surface area contributed by atoms with E-state index in [1.807, 2.05) is 19.1 Å². The van der Waals surface area contributed by atoms with Crippen LogP contribution in [0, 0.1) is 24.1 Å². The molecule has 4 rings (SSSR count).